The molecule has 0 spiro atoms. The van der Waals surface area contributed by atoms with Crippen LogP contribution in [0.2, 0.25) is 0 Å². The van der Waals surface area contributed by atoms with Crippen LogP contribution in [0, 0.1) is 0 Å². The zero-order valence-corrected chi connectivity index (χ0v) is 17.0. The van der Waals surface area contributed by atoms with E-state index in [1.807, 2.05) is 13.0 Å². The van der Waals surface area contributed by atoms with E-state index in [9.17, 15) is 14.7 Å². The van der Waals surface area contributed by atoms with E-state index in [1.54, 1.807) is 41.9 Å². The van der Waals surface area contributed by atoms with Gasteiger partial charge < -0.3 is 9.84 Å². The maximum Gasteiger partial charge on any atom is 0.301 e. The molecule has 0 saturated carbocycles. The van der Waals surface area contributed by atoms with E-state index < -0.39 is 17.7 Å². The van der Waals surface area contributed by atoms with Gasteiger partial charge in [0.15, 0.2) is 5.13 Å². The summed E-state index contributed by atoms with van der Waals surface area (Å²) in [6.07, 6.45) is 5.45. The third-order valence-electron chi connectivity index (χ3n) is 4.67. The molecule has 0 bridgehead atoms. The molecule has 0 radical (unpaired) electrons. The van der Waals surface area contributed by atoms with Crippen molar-refractivity contribution >= 4 is 33.9 Å². The molecule has 1 aliphatic heterocycles. The van der Waals surface area contributed by atoms with Crippen LogP contribution in [-0.2, 0) is 9.59 Å². The lowest BCUT2D eigenvalue weighted by molar-refractivity contribution is -0.132. The number of anilines is 1. The van der Waals surface area contributed by atoms with Crippen molar-refractivity contribution in [2.45, 2.75) is 19.4 Å². The summed E-state index contributed by atoms with van der Waals surface area (Å²) in [5.41, 5.74) is 1.06. The maximum atomic E-state index is 13.0. The van der Waals surface area contributed by atoms with E-state index >= 15 is 0 Å². The van der Waals surface area contributed by atoms with Crippen molar-refractivity contribution in [3.63, 3.8) is 0 Å². The molecule has 0 aliphatic carbocycles. The number of carbonyl (C=O) groups is 2. The summed E-state index contributed by atoms with van der Waals surface area (Å²) in [7, 11) is 0. The van der Waals surface area contributed by atoms with Gasteiger partial charge in [-0.1, -0.05) is 19.1 Å². The van der Waals surface area contributed by atoms with Crippen LogP contribution in [0.25, 0.3) is 5.76 Å². The van der Waals surface area contributed by atoms with Crippen molar-refractivity contribution in [3.8, 4) is 5.75 Å². The third kappa shape index (κ3) is 3.57. The van der Waals surface area contributed by atoms with Crippen LogP contribution in [0.1, 0.15) is 30.5 Å². The average Bonchev–Trinajstić information content (AvgIpc) is 3.39. The number of aromatic nitrogens is 2. The first-order valence-corrected chi connectivity index (χ1v) is 10.3. The minimum atomic E-state index is -0.825. The number of rotatable bonds is 6. The molecule has 4 rings (SSSR count). The highest BCUT2D eigenvalue weighted by atomic mass is 32.1. The van der Waals surface area contributed by atoms with Gasteiger partial charge in [-0.2, -0.15) is 0 Å². The van der Waals surface area contributed by atoms with Gasteiger partial charge in [0, 0.05) is 29.5 Å². The monoisotopic (exact) mass is 421 g/mol. The molecule has 1 amide bonds. The highest BCUT2D eigenvalue weighted by Gasteiger charge is 2.48. The summed E-state index contributed by atoms with van der Waals surface area (Å²) < 4.78 is 5.73. The van der Waals surface area contributed by atoms with E-state index in [-0.39, 0.29) is 11.3 Å². The molecule has 152 valence electrons. The van der Waals surface area contributed by atoms with Crippen molar-refractivity contribution in [3.05, 3.63) is 77.1 Å². The Morgan fingerprint density at radius 2 is 2.00 bits per heavy atom. The number of hydrogen-bond acceptors (Lipinski definition) is 7. The van der Waals surface area contributed by atoms with Crippen LogP contribution in [0.4, 0.5) is 5.13 Å². The minimum absolute atomic E-state index is 0.00837. The Balaban J connectivity index is 1.89. The molecule has 1 unspecified atom stereocenters. The zero-order valence-electron chi connectivity index (χ0n) is 16.2. The first kappa shape index (κ1) is 19.8. The van der Waals surface area contributed by atoms with Crippen LogP contribution in [-0.4, -0.2) is 33.4 Å². The normalized spacial score (nSPS) is 18.0. The summed E-state index contributed by atoms with van der Waals surface area (Å²) in [5.74, 6) is -1.11. The average molecular weight is 421 g/mol. The number of ketones is 1. The molecule has 3 aromatic rings. The first-order chi connectivity index (χ1) is 14.6. The van der Waals surface area contributed by atoms with Gasteiger partial charge >= 0.3 is 5.91 Å². The highest BCUT2D eigenvalue weighted by Crippen LogP contribution is 2.43. The number of pyridine rings is 1. The molecule has 1 N–H and O–H groups in total. The molecule has 30 heavy (non-hydrogen) atoms. The molecule has 1 atom stereocenters. The summed E-state index contributed by atoms with van der Waals surface area (Å²) >= 11 is 1.25. The van der Waals surface area contributed by atoms with Crippen LogP contribution < -0.4 is 9.64 Å². The van der Waals surface area contributed by atoms with Crippen molar-refractivity contribution < 1.29 is 19.4 Å². The Kier molecular flexibility index (Phi) is 5.58. The Morgan fingerprint density at radius 3 is 2.70 bits per heavy atom. The third-order valence-corrected chi connectivity index (χ3v) is 5.44. The van der Waals surface area contributed by atoms with Crippen molar-refractivity contribution in [2.24, 2.45) is 0 Å². The minimum Gasteiger partial charge on any atom is -0.507 e. The van der Waals surface area contributed by atoms with Gasteiger partial charge in [0.2, 0.25) is 0 Å². The predicted molar refractivity (Wildman–Crippen MR) is 113 cm³/mol. The first-order valence-electron chi connectivity index (χ1n) is 9.45. The van der Waals surface area contributed by atoms with Crippen LogP contribution in [0.3, 0.4) is 0 Å². The quantitative estimate of drug-likeness (QED) is 0.368. The number of carbonyl (C=O) groups excluding carboxylic acids is 2. The smallest absolute Gasteiger partial charge is 0.301 e. The van der Waals surface area contributed by atoms with E-state index in [2.05, 4.69) is 9.97 Å². The number of amides is 1. The number of Topliss-reactive ketones (excluding diaryl/α,β-unsaturated/α-hetero) is 1. The fourth-order valence-corrected chi connectivity index (χ4v) is 4.01. The number of aliphatic hydroxyl groups is 1. The van der Waals surface area contributed by atoms with Crippen LogP contribution in [0.5, 0.6) is 5.75 Å². The molecule has 1 aliphatic rings. The summed E-state index contributed by atoms with van der Waals surface area (Å²) in [6, 6.07) is 9.55. The molecule has 8 heteroatoms. The van der Waals surface area contributed by atoms with Crippen LogP contribution in [0.15, 0.2) is 65.9 Å². The van der Waals surface area contributed by atoms with Gasteiger partial charge in [-0.05, 0) is 36.2 Å². The molecule has 3 heterocycles. The standard InChI is InChI=1S/C22H19N3O4S/c1-2-11-29-16-5-3-4-15(13-16)18-17(19(26)14-6-8-23-9-7-14)20(27)21(28)25(18)22-24-10-12-30-22/h3-10,12-13,18,26H,2,11H2,1H3. The van der Waals surface area contributed by atoms with Gasteiger partial charge in [0.05, 0.1) is 18.2 Å². The number of ether oxygens (including phenoxy) is 1. The lowest BCUT2D eigenvalue weighted by atomic mass is 9.95. The molecular formula is C22H19N3O4S. The van der Waals surface area contributed by atoms with Crippen molar-refractivity contribution in [1.29, 1.82) is 0 Å². The van der Waals surface area contributed by atoms with Gasteiger partial charge in [-0.15, -0.1) is 11.3 Å². The SMILES string of the molecule is CCCOc1cccc(C2C(=C(O)c3ccncc3)C(=O)C(=O)N2c2nccs2)c1. The summed E-state index contributed by atoms with van der Waals surface area (Å²) in [6.45, 7) is 2.56. The molecule has 2 aromatic heterocycles. The summed E-state index contributed by atoms with van der Waals surface area (Å²) in [4.78, 5) is 35.4. The molecule has 1 saturated heterocycles. The molecule has 7 nitrogen and oxygen atoms in total. The Hall–Kier alpha value is -3.52. The number of nitrogens with zero attached hydrogens (tertiary/aromatic N) is 3. The van der Waals surface area contributed by atoms with Gasteiger partial charge in [0.1, 0.15) is 11.5 Å². The number of aliphatic hydroxyl groups excluding tert-OH is 1. The van der Waals surface area contributed by atoms with Crippen LogP contribution >= 0.6 is 11.3 Å². The fraction of sp³-hybridized carbons (Fsp3) is 0.182. The number of hydrogen-bond donors (Lipinski definition) is 1. The zero-order chi connectivity index (χ0) is 21.1. The molecule has 1 fully saturated rings. The topological polar surface area (TPSA) is 92.6 Å². The van der Waals surface area contributed by atoms with E-state index in [1.165, 1.54) is 28.6 Å². The van der Waals surface area contributed by atoms with Gasteiger partial charge in [0.25, 0.3) is 5.78 Å². The second-order valence-corrected chi connectivity index (χ2v) is 7.51. The summed E-state index contributed by atoms with van der Waals surface area (Å²) in [5, 5.41) is 13.1. The Morgan fingerprint density at radius 1 is 1.20 bits per heavy atom. The van der Waals surface area contributed by atoms with Gasteiger partial charge in [-0.3, -0.25) is 19.5 Å². The van der Waals surface area contributed by atoms with E-state index in [0.29, 0.717) is 28.6 Å². The predicted octanol–water partition coefficient (Wildman–Crippen LogP) is 3.95. The Labute approximate surface area is 177 Å². The highest BCUT2D eigenvalue weighted by molar-refractivity contribution is 7.14. The lowest BCUT2D eigenvalue weighted by Gasteiger charge is -2.23. The largest absolute Gasteiger partial charge is 0.507 e. The van der Waals surface area contributed by atoms with Crippen molar-refractivity contribution in [2.75, 3.05) is 11.5 Å². The van der Waals surface area contributed by atoms with E-state index in [0.717, 1.165) is 6.42 Å². The fourth-order valence-electron chi connectivity index (χ4n) is 3.34. The number of thiazole rings is 1. The molecule has 1 aromatic carbocycles. The maximum absolute atomic E-state index is 13.0. The number of benzene rings is 1. The second kappa shape index (κ2) is 8.46. The molecular weight excluding hydrogens is 402 g/mol. The van der Waals surface area contributed by atoms with Gasteiger partial charge in [-0.25, -0.2) is 4.98 Å². The lowest BCUT2D eigenvalue weighted by Crippen LogP contribution is -2.29. The van der Waals surface area contributed by atoms with Crippen molar-refractivity contribution in [1.82, 2.24) is 9.97 Å². The Bertz CT molecular complexity index is 1100. The second-order valence-electron chi connectivity index (χ2n) is 6.64. The van der Waals surface area contributed by atoms with E-state index in [4.69, 9.17) is 4.74 Å².